The van der Waals surface area contributed by atoms with Crippen molar-refractivity contribution in [3.05, 3.63) is 329 Å². The van der Waals surface area contributed by atoms with Crippen molar-refractivity contribution < 1.29 is 0 Å². The zero-order valence-corrected chi connectivity index (χ0v) is 83.6. The summed E-state index contributed by atoms with van der Waals surface area (Å²) < 4.78 is 0. The summed E-state index contributed by atoms with van der Waals surface area (Å²) >= 11 is 0. The smallest absolute Gasteiger partial charge is 0.0658 e. The van der Waals surface area contributed by atoms with E-state index in [2.05, 4.69) is 484 Å². The lowest BCUT2D eigenvalue weighted by atomic mass is 9.90. The van der Waals surface area contributed by atoms with Crippen molar-refractivity contribution in [2.75, 3.05) is 42.5 Å². The minimum Gasteiger partial charge on any atom is -0.353 e. The number of hydrogen-bond acceptors (Lipinski definition) is 8. The molecule has 12 aromatic rings. The van der Waals surface area contributed by atoms with Crippen LogP contribution in [0.1, 0.15) is 360 Å². The normalized spacial score (nSPS) is 11.5. The summed E-state index contributed by atoms with van der Waals surface area (Å²) in [6, 6.07) is 74.6. The van der Waals surface area contributed by atoms with Crippen LogP contribution >= 0.6 is 0 Å². The van der Waals surface area contributed by atoms with E-state index in [1.165, 1.54) is 179 Å². The van der Waals surface area contributed by atoms with Gasteiger partial charge in [0, 0.05) is 45.5 Å². The first-order valence-corrected chi connectivity index (χ1v) is 47.1. The number of benzene rings is 12. The SMILES string of the molecule is CC(C)c1cccc(C(C)C)c1Nc1ccccc1Nc1c(C(C)C)cccc1C(C)C.Cc1c(C)c(C)c(Nc2c(C(C)C)cccc2C(C)C)c(Nc2c(C(C)C)cccc2C(C)C)c1C.Cc1cc(Nc2c(C(C)C)cccc2C(C)C)c(Nc2c(C(C)C)cccc2C(C)C)cc1C.Cc1cccc(C)c1Nc1ccccc1Nc1c(C)cccc1C. The number of hydrogen-bond donors (Lipinski definition) is 8. The van der Waals surface area contributed by atoms with Gasteiger partial charge in [-0.2, -0.15) is 0 Å². The maximum atomic E-state index is 4.00. The Balaban J connectivity index is 0.000000192. The Morgan fingerprint density at radius 1 is 0.135 bits per heavy atom. The van der Waals surface area contributed by atoms with Crippen LogP contribution in [-0.2, 0) is 0 Å². The van der Waals surface area contributed by atoms with Gasteiger partial charge in [-0.05, 0) is 299 Å². The van der Waals surface area contributed by atoms with E-state index in [0.717, 1.165) is 34.1 Å². The van der Waals surface area contributed by atoms with Crippen LogP contribution in [0.5, 0.6) is 0 Å². The molecule has 126 heavy (non-hydrogen) atoms. The van der Waals surface area contributed by atoms with Crippen LogP contribution in [0.2, 0.25) is 0 Å². The van der Waals surface area contributed by atoms with Gasteiger partial charge in [0.1, 0.15) is 0 Å². The van der Waals surface area contributed by atoms with Crippen LogP contribution < -0.4 is 42.5 Å². The largest absolute Gasteiger partial charge is 0.353 e. The highest BCUT2D eigenvalue weighted by atomic mass is 15.0. The molecular formula is C118H156N8. The molecule has 8 heteroatoms. The molecule has 0 atom stereocenters. The van der Waals surface area contributed by atoms with Crippen molar-refractivity contribution in [3.63, 3.8) is 0 Å². The van der Waals surface area contributed by atoms with Gasteiger partial charge in [-0.1, -0.05) is 336 Å². The topological polar surface area (TPSA) is 96.2 Å². The third kappa shape index (κ3) is 24.0. The summed E-state index contributed by atoms with van der Waals surface area (Å²) in [6.45, 7) is 76.6. The van der Waals surface area contributed by atoms with Gasteiger partial charge in [0.05, 0.1) is 45.5 Å². The number of aryl methyl sites for hydroxylation is 6. The van der Waals surface area contributed by atoms with Gasteiger partial charge in [0.15, 0.2) is 0 Å². The molecule has 0 aliphatic heterocycles. The first-order chi connectivity index (χ1) is 59.6. The molecule has 12 aromatic carbocycles. The molecule has 0 amide bonds. The summed E-state index contributed by atoms with van der Waals surface area (Å²) in [5.41, 5.74) is 48.1. The van der Waals surface area contributed by atoms with E-state index < -0.39 is 0 Å². The minimum absolute atomic E-state index is 0.435. The predicted octanol–water partition coefficient (Wildman–Crippen LogP) is 37.3. The van der Waals surface area contributed by atoms with E-state index >= 15 is 0 Å². The fourth-order valence-corrected chi connectivity index (χ4v) is 17.3. The highest BCUT2D eigenvalue weighted by Crippen LogP contribution is 2.48. The predicted molar refractivity (Wildman–Crippen MR) is 560 cm³/mol. The molecule has 0 radical (unpaired) electrons. The molecule has 12 rings (SSSR count). The fourth-order valence-electron chi connectivity index (χ4n) is 17.3. The molecule has 8 N–H and O–H groups in total. The van der Waals surface area contributed by atoms with Crippen molar-refractivity contribution in [1.29, 1.82) is 0 Å². The van der Waals surface area contributed by atoms with Gasteiger partial charge in [-0.25, -0.2) is 0 Å². The monoisotopic (exact) mass is 1690 g/mol. The number of anilines is 16. The quantitative estimate of drug-likeness (QED) is 0.0246. The number of para-hydroxylation sites is 12. The van der Waals surface area contributed by atoms with Gasteiger partial charge in [-0.15, -0.1) is 0 Å². The maximum Gasteiger partial charge on any atom is 0.0658 e. The van der Waals surface area contributed by atoms with Gasteiger partial charge in [0.2, 0.25) is 0 Å². The average molecular weight is 1690 g/mol. The van der Waals surface area contributed by atoms with Gasteiger partial charge in [-0.3, -0.25) is 0 Å². The van der Waals surface area contributed by atoms with Crippen LogP contribution in [0.15, 0.2) is 206 Å². The van der Waals surface area contributed by atoms with Crippen molar-refractivity contribution in [3.8, 4) is 0 Å². The second kappa shape index (κ2) is 44.5. The molecule has 0 bridgehead atoms. The Morgan fingerprint density at radius 3 is 0.460 bits per heavy atom. The van der Waals surface area contributed by atoms with Crippen LogP contribution in [0.3, 0.4) is 0 Å². The molecule has 668 valence electrons. The van der Waals surface area contributed by atoms with Crippen LogP contribution in [-0.4, -0.2) is 0 Å². The number of rotatable bonds is 28. The Labute approximate surface area is 763 Å². The molecule has 0 aliphatic carbocycles. The van der Waals surface area contributed by atoms with Crippen molar-refractivity contribution >= 4 is 91.0 Å². The average Bonchev–Trinajstić information content (AvgIpc) is 0.765. The summed E-state index contributed by atoms with van der Waals surface area (Å²) in [4.78, 5) is 0. The van der Waals surface area contributed by atoms with Crippen LogP contribution in [0.25, 0.3) is 0 Å². The molecule has 0 aromatic heterocycles. The molecule has 8 nitrogen and oxygen atoms in total. The Hall–Kier alpha value is -11.0. The van der Waals surface area contributed by atoms with E-state index in [4.69, 9.17) is 0 Å². The summed E-state index contributed by atoms with van der Waals surface area (Å²) in [6.07, 6.45) is 0. The molecule has 0 spiro atoms. The molecule has 0 fully saturated rings. The standard InChI is InChI=1S/C34H48N2.C32H44N2.C30H40N2.C22H24N2/c1-19(2)27-15-13-16-28(20(3)4)33(27)35-31-25(11)23(9)24(10)26(12)32(31)36-34-29(21(5)6)17-14-18-30(34)22(7)8;1-19(2)25-13-11-14-26(20(3)4)31(25)33-29-17-23(9)24(10)18-30(29)34-32-27(21(5)6)15-12-16-28(32)22(7)8;1-19(2)23-13-11-14-24(20(3)4)29(23)31-27-17-9-10-18-28(27)32-30-25(21(5)6)15-12-16-26(30)22(7)8;1-15-9-7-10-16(2)21(15)23-19-13-5-6-14-20(19)24-22-17(3)11-8-12-18(22)4/h13-22,35-36H,1-12H3;11-22,33-34H,1-10H3;9-22,31-32H,1-8H3;5-14,23-24H,1-4H3. The maximum absolute atomic E-state index is 4.00. The lowest BCUT2D eigenvalue weighted by Gasteiger charge is -2.28. The van der Waals surface area contributed by atoms with Crippen molar-refractivity contribution in [2.45, 2.75) is 306 Å². The zero-order chi connectivity index (χ0) is 92.6. The molecule has 0 heterocycles. The van der Waals surface area contributed by atoms with E-state index in [1.54, 1.807) is 0 Å². The van der Waals surface area contributed by atoms with Crippen LogP contribution in [0, 0.1) is 69.2 Å². The molecule has 0 saturated carbocycles. The Kier molecular flexibility index (Phi) is 34.9. The molecular weight excluding hydrogens is 1530 g/mol. The summed E-state index contributed by atoms with van der Waals surface area (Å²) in [5, 5.41) is 30.7. The van der Waals surface area contributed by atoms with Crippen LogP contribution in [0.4, 0.5) is 91.0 Å². The van der Waals surface area contributed by atoms with Crippen molar-refractivity contribution in [1.82, 2.24) is 0 Å². The van der Waals surface area contributed by atoms with E-state index in [-0.39, 0.29) is 0 Å². The summed E-state index contributed by atoms with van der Waals surface area (Å²) in [5.74, 6) is 5.31. The first kappa shape index (κ1) is 98.8. The second-order valence-electron chi connectivity index (χ2n) is 39.1. The lowest BCUT2D eigenvalue weighted by molar-refractivity contribution is 0.837. The van der Waals surface area contributed by atoms with Gasteiger partial charge < -0.3 is 42.5 Å². The fraction of sp³-hybridized carbons (Fsp3) is 0.390. The zero-order valence-electron chi connectivity index (χ0n) is 83.6. The second-order valence-corrected chi connectivity index (χ2v) is 39.1. The highest BCUT2D eigenvalue weighted by molar-refractivity contribution is 5.90. The highest BCUT2D eigenvalue weighted by Gasteiger charge is 2.26. The molecule has 0 saturated heterocycles. The number of nitrogens with one attached hydrogen (secondary N) is 8. The lowest BCUT2D eigenvalue weighted by Crippen LogP contribution is -2.11. The van der Waals surface area contributed by atoms with E-state index in [1.807, 2.05) is 0 Å². The summed E-state index contributed by atoms with van der Waals surface area (Å²) in [7, 11) is 0. The van der Waals surface area contributed by atoms with E-state index in [0.29, 0.717) is 71.0 Å². The molecule has 0 unspecified atom stereocenters. The third-order valence-corrected chi connectivity index (χ3v) is 25.4. The van der Waals surface area contributed by atoms with E-state index in [9.17, 15) is 0 Å². The first-order valence-electron chi connectivity index (χ1n) is 47.1. The third-order valence-electron chi connectivity index (χ3n) is 25.4. The van der Waals surface area contributed by atoms with Gasteiger partial charge >= 0.3 is 0 Å². The minimum atomic E-state index is 0.435. The Morgan fingerprint density at radius 2 is 0.286 bits per heavy atom. The Bertz CT molecular complexity index is 5120. The van der Waals surface area contributed by atoms with Crippen molar-refractivity contribution in [2.24, 2.45) is 0 Å². The molecule has 0 aliphatic rings. The van der Waals surface area contributed by atoms with Gasteiger partial charge in [0.25, 0.3) is 0 Å².